The molecule has 0 radical (unpaired) electrons. The zero-order chi connectivity index (χ0) is 21.0. The molecule has 0 aromatic carbocycles. The molecule has 1 aliphatic heterocycles. The number of carbonyl (C=O) groups excluding carboxylic acids is 1. The Morgan fingerprint density at radius 2 is 1.56 bits per heavy atom. The maximum Gasteiger partial charge on any atom is 0.528 e. The zero-order valence-corrected chi connectivity index (χ0v) is 14.7. The van der Waals surface area contributed by atoms with Gasteiger partial charge in [-0.3, -0.25) is 0 Å². The van der Waals surface area contributed by atoms with Crippen LogP contribution in [0.3, 0.4) is 0 Å². The van der Waals surface area contributed by atoms with Gasteiger partial charge in [0.1, 0.15) is 0 Å². The minimum atomic E-state index is -3.28. The van der Waals surface area contributed by atoms with E-state index in [1.54, 1.807) is 0 Å². The molecule has 152 valence electrons. The molecule has 14 heteroatoms. The highest BCUT2D eigenvalue weighted by Crippen LogP contribution is 2.14. The van der Waals surface area contributed by atoms with Crippen LogP contribution in [-0.2, 0) is 19.5 Å². The highest BCUT2D eigenvalue weighted by Gasteiger charge is 2.27. The van der Waals surface area contributed by atoms with Crippen molar-refractivity contribution in [1.29, 1.82) is 0 Å². The molecule has 0 saturated carbocycles. The van der Waals surface area contributed by atoms with Gasteiger partial charge < -0.3 is 30.1 Å². The molecule has 0 aromatic rings. The molecule has 13 nitrogen and oxygen atoms in total. The molecular formula is C13H18N2O11S. The third kappa shape index (κ3) is 11.2. The summed E-state index contributed by atoms with van der Waals surface area (Å²) in [4.78, 5) is 39.2. The summed E-state index contributed by atoms with van der Waals surface area (Å²) in [5.74, 6) is 2.26. The lowest BCUT2D eigenvalue weighted by Gasteiger charge is -2.30. The average molecular weight is 410 g/mol. The number of piperidine rings is 1. The largest absolute Gasteiger partial charge is 0.528 e. The van der Waals surface area contributed by atoms with Crippen molar-refractivity contribution in [3.8, 4) is 12.3 Å². The molecule has 1 amide bonds. The van der Waals surface area contributed by atoms with E-state index in [2.05, 4.69) is 20.7 Å². The number of terminal acetylenes is 1. The standard InChI is InChI=1S/C10H16N2O4S.C3H2O7/c1-2-3-8-17(15,16)12-6-4-9(5-7-12)11-10(13)14;4-1(5)9-3(8)10-2(6)7/h1,9,11H,3-8H2,(H,13,14);(H,4,5)(H,6,7). The van der Waals surface area contributed by atoms with Gasteiger partial charge in [0, 0.05) is 25.6 Å². The molecule has 4 N–H and O–H groups in total. The predicted octanol–water partition coefficient (Wildman–Crippen LogP) is 0.567. The molecule has 0 aromatic heterocycles. The Balaban J connectivity index is 0.000000580. The summed E-state index contributed by atoms with van der Waals surface area (Å²) < 4.78 is 31.4. The summed E-state index contributed by atoms with van der Waals surface area (Å²) in [5.41, 5.74) is 0. The number of nitrogens with one attached hydrogen (secondary N) is 1. The first-order valence-corrected chi connectivity index (χ1v) is 8.85. The van der Waals surface area contributed by atoms with Crippen molar-refractivity contribution < 1.29 is 52.4 Å². The van der Waals surface area contributed by atoms with Gasteiger partial charge in [0.25, 0.3) is 0 Å². The predicted molar refractivity (Wildman–Crippen MR) is 86.6 cm³/mol. The summed E-state index contributed by atoms with van der Waals surface area (Å²) in [6, 6.07) is -0.161. The molecule has 0 bridgehead atoms. The molecule has 1 rings (SSSR count). The molecule has 0 atom stereocenters. The van der Waals surface area contributed by atoms with E-state index in [1.807, 2.05) is 0 Å². The molecule has 1 saturated heterocycles. The first kappa shape index (κ1) is 23.9. The van der Waals surface area contributed by atoms with Crippen LogP contribution in [0.15, 0.2) is 0 Å². The quantitative estimate of drug-likeness (QED) is 0.287. The average Bonchev–Trinajstić information content (AvgIpc) is 2.52. The van der Waals surface area contributed by atoms with Gasteiger partial charge in [-0.1, -0.05) is 0 Å². The second-order valence-corrected chi connectivity index (χ2v) is 6.97. The van der Waals surface area contributed by atoms with Crippen LogP contribution in [0.5, 0.6) is 0 Å². The minimum Gasteiger partial charge on any atom is -0.465 e. The van der Waals surface area contributed by atoms with E-state index in [4.69, 9.17) is 21.7 Å². The van der Waals surface area contributed by atoms with Gasteiger partial charge in [0.2, 0.25) is 10.0 Å². The molecular weight excluding hydrogens is 392 g/mol. The smallest absolute Gasteiger partial charge is 0.465 e. The number of carboxylic acid groups (broad SMARTS) is 3. The van der Waals surface area contributed by atoms with Crippen molar-refractivity contribution in [3.05, 3.63) is 0 Å². The van der Waals surface area contributed by atoms with Crippen LogP contribution < -0.4 is 5.32 Å². The highest BCUT2D eigenvalue weighted by molar-refractivity contribution is 7.89. The highest BCUT2D eigenvalue weighted by atomic mass is 32.2. The van der Waals surface area contributed by atoms with E-state index in [0.717, 1.165) is 0 Å². The topological polar surface area (TPSA) is 197 Å². The number of rotatable bonds is 4. The summed E-state index contributed by atoms with van der Waals surface area (Å²) in [6.45, 7) is 0.690. The SMILES string of the molecule is C#CCCS(=O)(=O)N1CCC(NC(=O)O)CC1.O=C(O)OC(=O)OC(=O)O. The Morgan fingerprint density at radius 1 is 1.07 bits per heavy atom. The molecule has 1 fully saturated rings. The molecule has 1 heterocycles. The van der Waals surface area contributed by atoms with Crippen LogP contribution in [0.2, 0.25) is 0 Å². The maximum atomic E-state index is 11.8. The van der Waals surface area contributed by atoms with Crippen molar-refractivity contribution in [2.24, 2.45) is 0 Å². The van der Waals surface area contributed by atoms with Gasteiger partial charge in [-0.25, -0.2) is 31.9 Å². The molecule has 0 spiro atoms. The lowest BCUT2D eigenvalue weighted by Crippen LogP contribution is -2.46. The Hall–Kier alpha value is -3.05. The lowest BCUT2D eigenvalue weighted by atomic mass is 10.1. The van der Waals surface area contributed by atoms with Crippen molar-refractivity contribution in [2.75, 3.05) is 18.8 Å². The van der Waals surface area contributed by atoms with Gasteiger partial charge in [-0.15, -0.1) is 12.3 Å². The number of hydrogen-bond acceptors (Lipinski definition) is 8. The van der Waals surface area contributed by atoms with Gasteiger partial charge in [0.05, 0.1) is 5.75 Å². The molecule has 27 heavy (non-hydrogen) atoms. The van der Waals surface area contributed by atoms with Gasteiger partial charge in [0.15, 0.2) is 0 Å². The van der Waals surface area contributed by atoms with Crippen LogP contribution in [-0.4, -0.2) is 77.5 Å². The van der Waals surface area contributed by atoms with Crippen LogP contribution in [0, 0.1) is 12.3 Å². The molecule has 1 aliphatic rings. The van der Waals surface area contributed by atoms with Crippen molar-refractivity contribution in [1.82, 2.24) is 9.62 Å². The van der Waals surface area contributed by atoms with E-state index < -0.39 is 34.6 Å². The normalized spacial score (nSPS) is 14.6. The fraction of sp³-hybridized carbons (Fsp3) is 0.538. The van der Waals surface area contributed by atoms with E-state index in [0.29, 0.717) is 25.9 Å². The number of nitrogens with zero attached hydrogens (tertiary/aromatic N) is 1. The van der Waals surface area contributed by atoms with E-state index in [-0.39, 0.29) is 18.2 Å². The first-order chi connectivity index (χ1) is 12.5. The summed E-state index contributed by atoms with van der Waals surface area (Å²) in [5, 5.41) is 26.3. The zero-order valence-electron chi connectivity index (χ0n) is 13.9. The van der Waals surface area contributed by atoms with Gasteiger partial charge >= 0.3 is 24.6 Å². The van der Waals surface area contributed by atoms with Crippen molar-refractivity contribution >= 4 is 34.6 Å². The first-order valence-electron chi connectivity index (χ1n) is 7.24. The second kappa shape index (κ2) is 11.5. The minimum absolute atomic E-state index is 0.0411. The number of sulfonamides is 1. The number of carbonyl (C=O) groups is 4. The Bertz CT molecular complexity index is 672. The summed E-state index contributed by atoms with van der Waals surface area (Å²) in [7, 11) is -3.28. The van der Waals surface area contributed by atoms with E-state index >= 15 is 0 Å². The van der Waals surface area contributed by atoms with Crippen LogP contribution in [0.4, 0.5) is 19.2 Å². The number of amides is 1. The molecule has 0 aliphatic carbocycles. The van der Waals surface area contributed by atoms with Crippen LogP contribution in [0.25, 0.3) is 0 Å². The lowest BCUT2D eigenvalue weighted by molar-refractivity contribution is 0.0548. The van der Waals surface area contributed by atoms with Crippen LogP contribution >= 0.6 is 0 Å². The van der Waals surface area contributed by atoms with E-state index in [9.17, 15) is 27.6 Å². The van der Waals surface area contributed by atoms with E-state index in [1.165, 1.54) is 4.31 Å². The fourth-order valence-electron chi connectivity index (χ4n) is 1.93. The third-order valence-corrected chi connectivity index (χ3v) is 4.89. The third-order valence-electron chi connectivity index (χ3n) is 3.02. The molecule has 0 unspecified atom stereocenters. The fourth-order valence-corrected chi connectivity index (χ4v) is 3.33. The Morgan fingerprint density at radius 3 is 1.93 bits per heavy atom. The summed E-state index contributed by atoms with van der Waals surface area (Å²) >= 11 is 0. The summed E-state index contributed by atoms with van der Waals surface area (Å²) in [6.07, 6.45) is -0.471. The maximum absolute atomic E-state index is 11.8. The van der Waals surface area contributed by atoms with Crippen molar-refractivity contribution in [2.45, 2.75) is 25.3 Å². The van der Waals surface area contributed by atoms with Gasteiger partial charge in [-0.05, 0) is 12.8 Å². The van der Waals surface area contributed by atoms with Gasteiger partial charge in [-0.2, -0.15) is 0 Å². The van der Waals surface area contributed by atoms with Crippen molar-refractivity contribution in [3.63, 3.8) is 0 Å². The Kier molecular flexibility index (Phi) is 10.2. The number of hydrogen-bond donors (Lipinski definition) is 4. The van der Waals surface area contributed by atoms with Crippen LogP contribution in [0.1, 0.15) is 19.3 Å². The number of ether oxygens (including phenoxy) is 2. The monoisotopic (exact) mass is 410 g/mol. The Labute approximate surface area is 153 Å². The second-order valence-electron chi connectivity index (χ2n) is 4.88.